The largest absolute Gasteiger partial charge is 0.465 e. The molecule has 1 N–H and O–H groups in total. The van der Waals surface area contributed by atoms with Gasteiger partial charge in [0.1, 0.15) is 11.5 Å². The summed E-state index contributed by atoms with van der Waals surface area (Å²) in [6, 6.07) is 2.79. The fourth-order valence-corrected chi connectivity index (χ4v) is 1.67. The molecule has 0 saturated heterocycles. The maximum Gasteiger partial charge on any atom is 0.118 e. The highest BCUT2D eigenvalue weighted by atomic mass is 16.5. The maximum absolute atomic E-state index is 5.68. The second-order valence-electron chi connectivity index (χ2n) is 4.49. The van der Waals surface area contributed by atoms with Crippen molar-refractivity contribution in [1.82, 2.24) is 5.32 Å². The van der Waals surface area contributed by atoms with Crippen LogP contribution in [0.2, 0.25) is 0 Å². The third-order valence-corrected chi connectivity index (χ3v) is 2.90. The summed E-state index contributed by atoms with van der Waals surface area (Å²) in [5.74, 6) is 1.95. The fraction of sp³-hybridized carbons (Fsp3) is 0.692. The van der Waals surface area contributed by atoms with Crippen LogP contribution in [-0.4, -0.2) is 26.4 Å². The number of aryl methyl sites for hydroxylation is 1. The van der Waals surface area contributed by atoms with Crippen molar-refractivity contribution in [2.45, 2.75) is 39.0 Å². The summed E-state index contributed by atoms with van der Waals surface area (Å²) in [4.78, 5) is 0. The second kappa shape index (κ2) is 6.19. The molecule has 17 heavy (non-hydrogen) atoms. The molecule has 4 nitrogen and oxygen atoms in total. The Morgan fingerprint density at radius 1 is 1.41 bits per heavy atom. The van der Waals surface area contributed by atoms with E-state index in [0.29, 0.717) is 25.9 Å². The van der Waals surface area contributed by atoms with E-state index in [0.717, 1.165) is 23.6 Å². The lowest BCUT2D eigenvalue weighted by Gasteiger charge is -2.01. The molecule has 4 heteroatoms. The zero-order valence-electron chi connectivity index (χ0n) is 10.6. The molecule has 0 spiro atoms. The van der Waals surface area contributed by atoms with Gasteiger partial charge >= 0.3 is 0 Å². The SMILES string of the molecule is COCCOCc1cc(CNC2CC2)oc1C. The van der Waals surface area contributed by atoms with Crippen molar-refractivity contribution in [3.8, 4) is 0 Å². The number of methoxy groups -OCH3 is 1. The van der Waals surface area contributed by atoms with Crippen LogP contribution in [0.3, 0.4) is 0 Å². The molecule has 1 fully saturated rings. The number of hydrogen-bond acceptors (Lipinski definition) is 4. The van der Waals surface area contributed by atoms with Gasteiger partial charge in [0.05, 0.1) is 26.4 Å². The van der Waals surface area contributed by atoms with Gasteiger partial charge in [-0.25, -0.2) is 0 Å². The molecule has 96 valence electrons. The quantitative estimate of drug-likeness (QED) is 0.705. The topological polar surface area (TPSA) is 43.6 Å². The van der Waals surface area contributed by atoms with E-state index in [1.54, 1.807) is 7.11 Å². The van der Waals surface area contributed by atoms with Crippen molar-refractivity contribution in [3.05, 3.63) is 23.2 Å². The molecule has 1 heterocycles. The number of hydrogen-bond donors (Lipinski definition) is 1. The minimum Gasteiger partial charge on any atom is -0.465 e. The van der Waals surface area contributed by atoms with Gasteiger partial charge in [-0.1, -0.05) is 0 Å². The Hall–Kier alpha value is -0.840. The third kappa shape index (κ3) is 4.15. The number of nitrogens with one attached hydrogen (secondary N) is 1. The first-order chi connectivity index (χ1) is 8.29. The van der Waals surface area contributed by atoms with Crippen LogP contribution in [0.5, 0.6) is 0 Å². The predicted octanol–water partition coefficient (Wildman–Crippen LogP) is 2.00. The van der Waals surface area contributed by atoms with Gasteiger partial charge in [-0.3, -0.25) is 0 Å². The summed E-state index contributed by atoms with van der Waals surface area (Å²) in [5, 5.41) is 3.44. The van der Waals surface area contributed by atoms with Gasteiger partial charge < -0.3 is 19.2 Å². The monoisotopic (exact) mass is 239 g/mol. The average Bonchev–Trinajstić information content (AvgIpc) is 3.08. The molecule has 1 aromatic rings. The average molecular weight is 239 g/mol. The zero-order chi connectivity index (χ0) is 12.1. The highest BCUT2D eigenvalue weighted by Crippen LogP contribution is 2.21. The van der Waals surface area contributed by atoms with Crippen LogP contribution < -0.4 is 5.32 Å². The summed E-state index contributed by atoms with van der Waals surface area (Å²) in [6.45, 7) is 4.66. The molecule has 0 aliphatic heterocycles. The van der Waals surface area contributed by atoms with Gasteiger partial charge in [0.15, 0.2) is 0 Å². The lowest BCUT2D eigenvalue weighted by molar-refractivity contribution is 0.0611. The van der Waals surface area contributed by atoms with Gasteiger partial charge in [-0.2, -0.15) is 0 Å². The van der Waals surface area contributed by atoms with Crippen LogP contribution in [-0.2, 0) is 22.6 Å². The molecule has 1 aliphatic rings. The molecule has 0 bridgehead atoms. The van der Waals surface area contributed by atoms with Gasteiger partial charge in [-0.05, 0) is 25.8 Å². The van der Waals surface area contributed by atoms with Crippen molar-refractivity contribution in [1.29, 1.82) is 0 Å². The molecular formula is C13H21NO3. The minimum absolute atomic E-state index is 0.599. The third-order valence-electron chi connectivity index (χ3n) is 2.90. The van der Waals surface area contributed by atoms with Crippen LogP contribution in [0.4, 0.5) is 0 Å². The summed E-state index contributed by atoms with van der Waals surface area (Å²) < 4.78 is 16.1. The Bertz CT molecular complexity index is 344. The lowest BCUT2D eigenvalue weighted by atomic mass is 10.2. The number of ether oxygens (including phenoxy) is 2. The van der Waals surface area contributed by atoms with Crippen molar-refractivity contribution in [3.63, 3.8) is 0 Å². The van der Waals surface area contributed by atoms with Gasteiger partial charge in [0, 0.05) is 18.7 Å². The van der Waals surface area contributed by atoms with E-state index in [1.165, 1.54) is 12.8 Å². The molecular weight excluding hydrogens is 218 g/mol. The molecule has 0 unspecified atom stereocenters. The molecule has 0 amide bonds. The molecule has 0 radical (unpaired) electrons. The van der Waals surface area contributed by atoms with Gasteiger partial charge in [0.25, 0.3) is 0 Å². The van der Waals surface area contributed by atoms with Crippen molar-refractivity contribution >= 4 is 0 Å². The van der Waals surface area contributed by atoms with Crippen LogP contribution in [0.25, 0.3) is 0 Å². The molecule has 2 rings (SSSR count). The van der Waals surface area contributed by atoms with E-state index < -0.39 is 0 Å². The van der Waals surface area contributed by atoms with E-state index in [9.17, 15) is 0 Å². The Kier molecular flexibility index (Phi) is 4.59. The van der Waals surface area contributed by atoms with Crippen molar-refractivity contribution in [2.75, 3.05) is 20.3 Å². The standard InChI is InChI=1S/C13H21NO3/c1-10-11(9-16-6-5-15-2)7-13(17-10)8-14-12-3-4-12/h7,12,14H,3-6,8-9H2,1-2H3. The van der Waals surface area contributed by atoms with Crippen LogP contribution in [0.15, 0.2) is 10.5 Å². The smallest absolute Gasteiger partial charge is 0.118 e. The van der Waals surface area contributed by atoms with E-state index in [-0.39, 0.29) is 0 Å². The highest BCUT2D eigenvalue weighted by molar-refractivity contribution is 5.20. The Labute approximate surface area is 102 Å². The second-order valence-corrected chi connectivity index (χ2v) is 4.49. The Balaban J connectivity index is 1.75. The predicted molar refractivity (Wildman–Crippen MR) is 64.8 cm³/mol. The summed E-state index contributed by atoms with van der Waals surface area (Å²) in [5.41, 5.74) is 1.13. The maximum atomic E-state index is 5.68. The first kappa shape index (κ1) is 12.6. The normalized spacial score (nSPS) is 15.4. The summed E-state index contributed by atoms with van der Waals surface area (Å²) >= 11 is 0. The zero-order valence-corrected chi connectivity index (χ0v) is 10.6. The van der Waals surface area contributed by atoms with Crippen LogP contribution in [0.1, 0.15) is 29.9 Å². The molecule has 1 saturated carbocycles. The van der Waals surface area contributed by atoms with E-state index in [4.69, 9.17) is 13.9 Å². The number of rotatable bonds is 8. The Morgan fingerprint density at radius 3 is 2.94 bits per heavy atom. The number of furan rings is 1. The van der Waals surface area contributed by atoms with E-state index in [2.05, 4.69) is 11.4 Å². The minimum atomic E-state index is 0.599. The first-order valence-corrected chi connectivity index (χ1v) is 6.18. The van der Waals surface area contributed by atoms with Crippen molar-refractivity contribution in [2.24, 2.45) is 0 Å². The molecule has 1 aliphatic carbocycles. The molecule has 0 aromatic carbocycles. The van der Waals surface area contributed by atoms with E-state index >= 15 is 0 Å². The molecule has 0 atom stereocenters. The highest BCUT2D eigenvalue weighted by Gasteiger charge is 2.20. The fourth-order valence-electron chi connectivity index (χ4n) is 1.67. The van der Waals surface area contributed by atoms with E-state index in [1.807, 2.05) is 6.92 Å². The first-order valence-electron chi connectivity index (χ1n) is 6.18. The summed E-state index contributed by atoms with van der Waals surface area (Å²) in [7, 11) is 1.67. The van der Waals surface area contributed by atoms with Crippen molar-refractivity contribution < 1.29 is 13.9 Å². The van der Waals surface area contributed by atoms with Gasteiger partial charge in [-0.15, -0.1) is 0 Å². The van der Waals surface area contributed by atoms with Gasteiger partial charge in [0.2, 0.25) is 0 Å². The Morgan fingerprint density at radius 2 is 2.24 bits per heavy atom. The van der Waals surface area contributed by atoms with Crippen LogP contribution >= 0.6 is 0 Å². The lowest BCUT2D eigenvalue weighted by Crippen LogP contribution is -2.14. The molecule has 1 aromatic heterocycles. The summed E-state index contributed by atoms with van der Waals surface area (Å²) in [6.07, 6.45) is 2.60. The van der Waals surface area contributed by atoms with Crippen LogP contribution in [0, 0.1) is 6.92 Å².